The Bertz CT molecular complexity index is 658. The number of ether oxygens (including phenoxy) is 1. The van der Waals surface area contributed by atoms with Crippen molar-refractivity contribution in [2.45, 2.75) is 28.1 Å². The van der Waals surface area contributed by atoms with Crippen molar-refractivity contribution in [1.29, 1.82) is 0 Å². The first-order chi connectivity index (χ1) is 11.7. The normalized spacial score (nSPS) is 17.5. The van der Waals surface area contributed by atoms with Crippen molar-refractivity contribution in [3.63, 3.8) is 0 Å². The summed E-state index contributed by atoms with van der Waals surface area (Å²) in [5.74, 6) is 0. The number of hydrogen-bond donors (Lipinski definition) is 2. The molecule has 2 N–H and O–H groups in total. The molecule has 0 bridgehead atoms. The maximum atomic E-state index is 12.4. The Hall–Kier alpha value is -0.520. The number of sulfonamides is 1. The zero-order chi connectivity index (χ0) is 18.6. The number of nitrogens with one attached hydrogen (secondary N) is 2. The second kappa shape index (κ2) is 9.61. The van der Waals surface area contributed by atoms with E-state index in [2.05, 4.69) is 10.0 Å². The molecular weight excluding hydrogens is 413 g/mol. The van der Waals surface area contributed by atoms with Gasteiger partial charge >= 0.3 is 5.51 Å². The van der Waals surface area contributed by atoms with Crippen LogP contribution >= 0.6 is 24.2 Å². The second-order valence-electron chi connectivity index (χ2n) is 6.03. The molecule has 1 fully saturated rings. The number of methoxy groups -OCH3 is 1. The molecule has 26 heavy (non-hydrogen) atoms. The highest BCUT2D eigenvalue weighted by atomic mass is 35.5. The number of benzene rings is 1. The largest absolute Gasteiger partial charge is 0.446 e. The zero-order valence-electron chi connectivity index (χ0n) is 14.1. The van der Waals surface area contributed by atoms with Gasteiger partial charge in [0.25, 0.3) is 0 Å². The fourth-order valence-corrected chi connectivity index (χ4v) is 4.48. The highest BCUT2D eigenvalue weighted by Crippen LogP contribution is 2.37. The van der Waals surface area contributed by atoms with Gasteiger partial charge in [-0.05, 0) is 62.0 Å². The predicted octanol–water partition coefficient (Wildman–Crippen LogP) is 3.01. The van der Waals surface area contributed by atoms with E-state index in [0.717, 1.165) is 38.1 Å². The van der Waals surface area contributed by atoms with Gasteiger partial charge in [-0.25, -0.2) is 13.1 Å². The molecule has 1 aliphatic heterocycles. The van der Waals surface area contributed by atoms with Crippen LogP contribution < -0.4 is 10.0 Å². The molecule has 0 amide bonds. The van der Waals surface area contributed by atoms with Crippen molar-refractivity contribution >= 4 is 34.2 Å². The van der Waals surface area contributed by atoms with Crippen LogP contribution in [0.3, 0.4) is 0 Å². The number of rotatable bonds is 7. The number of thioether (sulfide) groups is 1. The quantitative estimate of drug-likeness (QED) is 0.646. The SMILES string of the molecule is COCC1(CNS(=O)(=O)c2ccc(SC(F)(F)F)cc2)CCNCC1.Cl. The van der Waals surface area contributed by atoms with E-state index in [1.165, 1.54) is 12.1 Å². The number of halogens is 4. The summed E-state index contributed by atoms with van der Waals surface area (Å²) in [6, 6.07) is 4.67. The average Bonchev–Trinajstić information content (AvgIpc) is 2.53. The fourth-order valence-electron chi connectivity index (χ4n) is 2.79. The van der Waals surface area contributed by atoms with Crippen molar-refractivity contribution in [3.05, 3.63) is 24.3 Å². The van der Waals surface area contributed by atoms with E-state index >= 15 is 0 Å². The molecule has 0 saturated carbocycles. The van der Waals surface area contributed by atoms with Crippen molar-refractivity contribution in [2.75, 3.05) is 33.4 Å². The lowest BCUT2D eigenvalue weighted by Gasteiger charge is -2.37. The molecular formula is C15H22ClF3N2O3S2. The second-order valence-corrected chi connectivity index (χ2v) is 8.93. The van der Waals surface area contributed by atoms with Gasteiger partial charge in [-0.2, -0.15) is 13.2 Å². The third-order valence-corrected chi connectivity index (χ3v) is 6.28. The van der Waals surface area contributed by atoms with Gasteiger partial charge in [0.1, 0.15) is 0 Å². The van der Waals surface area contributed by atoms with Gasteiger partial charge in [-0.1, -0.05) is 0 Å². The van der Waals surface area contributed by atoms with E-state index < -0.39 is 15.5 Å². The lowest BCUT2D eigenvalue weighted by Crippen LogP contribution is -2.47. The van der Waals surface area contributed by atoms with E-state index in [1.807, 2.05) is 0 Å². The lowest BCUT2D eigenvalue weighted by atomic mass is 9.80. The molecule has 1 aromatic rings. The van der Waals surface area contributed by atoms with Crippen molar-refractivity contribution in [3.8, 4) is 0 Å². The van der Waals surface area contributed by atoms with E-state index in [9.17, 15) is 21.6 Å². The summed E-state index contributed by atoms with van der Waals surface area (Å²) in [7, 11) is -2.21. The maximum absolute atomic E-state index is 12.4. The summed E-state index contributed by atoms with van der Waals surface area (Å²) in [5.41, 5.74) is -4.68. The van der Waals surface area contributed by atoms with Crippen molar-refractivity contribution in [1.82, 2.24) is 10.0 Å². The van der Waals surface area contributed by atoms with Crippen molar-refractivity contribution < 1.29 is 26.3 Å². The zero-order valence-corrected chi connectivity index (χ0v) is 16.6. The molecule has 0 aliphatic carbocycles. The van der Waals surface area contributed by atoms with E-state index in [-0.39, 0.29) is 45.9 Å². The molecule has 0 radical (unpaired) electrons. The number of alkyl halides is 3. The van der Waals surface area contributed by atoms with Gasteiger partial charge in [0, 0.05) is 24.0 Å². The van der Waals surface area contributed by atoms with E-state index in [4.69, 9.17) is 4.74 Å². The van der Waals surface area contributed by atoms with Gasteiger partial charge in [0.05, 0.1) is 11.5 Å². The maximum Gasteiger partial charge on any atom is 0.446 e. The van der Waals surface area contributed by atoms with Crippen LogP contribution in [-0.4, -0.2) is 47.3 Å². The van der Waals surface area contributed by atoms with Crippen LogP contribution in [0.2, 0.25) is 0 Å². The van der Waals surface area contributed by atoms with Crippen molar-refractivity contribution in [2.24, 2.45) is 5.41 Å². The predicted molar refractivity (Wildman–Crippen MR) is 97.2 cm³/mol. The first-order valence-electron chi connectivity index (χ1n) is 7.71. The monoisotopic (exact) mass is 434 g/mol. The molecule has 0 unspecified atom stereocenters. The lowest BCUT2D eigenvalue weighted by molar-refractivity contribution is -0.0328. The van der Waals surface area contributed by atoms with E-state index in [0.29, 0.717) is 6.61 Å². The van der Waals surface area contributed by atoms with Crippen LogP contribution in [0.25, 0.3) is 0 Å². The highest BCUT2D eigenvalue weighted by molar-refractivity contribution is 8.00. The van der Waals surface area contributed by atoms with Gasteiger partial charge in [-0.3, -0.25) is 0 Å². The Kier molecular flexibility index (Phi) is 8.69. The first-order valence-corrected chi connectivity index (χ1v) is 10.0. The molecule has 0 spiro atoms. The average molecular weight is 435 g/mol. The van der Waals surface area contributed by atoms with Crippen LogP contribution in [0.15, 0.2) is 34.1 Å². The third-order valence-electron chi connectivity index (χ3n) is 4.12. The molecule has 11 heteroatoms. The minimum atomic E-state index is -4.40. The molecule has 5 nitrogen and oxygen atoms in total. The summed E-state index contributed by atoms with van der Waals surface area (Å²) in [6.07, 6.45) is 1.56. The van der Waals surface area contributed by atoms with Crippen LogP contribution in [0.4, 0.5) is 13.2 Å². The Balaban J connectivity index is 0.00000338. The topological polar surface area (TPSA) is 67.4 Å². The number of piperidine rings is 1. The third kappa shape index (κ3) is 6.90. The summed E-state index contributed by atoms with van der Waals surface area (Å²) in [4.78, 5) is -0.110. The first kappa shape index (κ1) is 23.5. The fraction of sp³-hybridized carbons (Fsp3) is 0.600. The summed E-state index contributed by atoms with van der Waals surface area (Å²) >= 11 is -0.277. The summed E-state index contributed by atoms with van der Waals surface area (Å²) in [6.45, 7) is 2.24. The molecule has 1 aliphatic rings. The standard InChI is InChI=1S/C15H21F3N2O3S2.ClH/c1-23-11-14(6-8-19-9-7-14)10-20-25(21,22)13-4-2-12(3-5-13)24-15(16,17)18;/h2-5,19-20H,6-11H2,1H3;1H. The Labute approximate surface area is 161 Å². The molecule has 1 saturated heterocycles. The molecule has 0 aromatic heterocycles. The minimum Gasteiger partial charge on any atom is -0.384 e. The Morgan fingerprint density at radius 2 is 1.81 bits per heavy atom. The van der Waals surface area contributed by atoms with Crippen LogP contribution in [0.5, 0.6) is 0 Å². The Morgan fingerprint density at radius 3 is 2.31 bits per heavy atom. The summed E-state index contributed by atoms with van der Waals surface area (Å²) < 4.78 is 69.7. The molecule has 150 valence electrons. The van der Waals surface area contributed by atoms with Crippen LogP contribution in [0, 0.1) is 5.41 Å². The molecule has 0 atom stereocenters. The number of hydrogen-bond acceptors (Lipinski definition) is 5. The van der Waals surface area contributed by atoms with Gasteiger partial charge in [-0.15, -0.1) is 12.4 Å². The molecule has 2 rings (SSSR count). The van der Waals surface area contributed by atoms with Crippen LogP contribution in [-0.2, 0) is 14.8 Å². The van der Waals surface area contributed by atoms with Crippen LogP contribution in [0.1, 0.15) is 12.8 Å². The van der Waals surface area contributed by atoms with Gasteiger partial charge in [0.15, 0.2) is 0 Å². The summed E-state index contributed by atoms with van der Waals surface area (Å²) in [5, 5.41) is 3.22. The highest BCUT2D eigenvalue weighted by Gasteiger charge is 2.34. The molecule has 1 heterocycles. The molecule has 1 aromatic carbocycles. The van der Waals surface area contributed by atoms with Gasteiger partial charge < -0.3 is 10.1 Å². The smallest absolute Gasteiger partial charge is 0.384 e. The minimum absolute atomic E-state index is 0. The van der Waals surface area contributed by atoms with E-state index in [1.54, 1.807) is 7.11 Å². The van der Waals surface area contributed by atoms with Gasteiger partial charge in [0.2, 0.25) is 10.0 Å². The Morgan fingerprint density at radius 1 is 1.23 bits per heavy atom.